The van der Waals surface area contributed by atoms with Crippen LogP contribution < -0.4 is 11.2 Å². The van der Waals surface area contributed by atoms with Crippen LogP contribution in [-0.2, 0) is 11.3 Å². The average Bonchev–Trinajstić information content (AvgIpc) is 2.30. The lowest BCUT2D eigenvalue weighted by molar-refractivity contribution is -0.133. The van der Waals surface area contributed by atoms with Crippen molar-refractivity contribution in [3.8, 4) is 0 Å². The second-order valence-corrected chi connectivity index (χ2v) is 4.73. The number of nitrogens with zero attached hydrogens (tertiary/aromatic N) is 2. The summed E-state index contributed by atoms with van der Waals surface area (Å²) in [4.78, 5) is 38.0. The number of nitrogens with one attached hydrogen (secondary N) is 1. The molecular weight excluding hydrogens is 234 g/mol. The number of rotatable bonds is 4. The molecule has 6 nitrogen and oxygen atoms in total. The van der Waals surface area contributed by atoms with Gasteiger partial charge in [0.25, 0.3) is 5.56 Å². The molecule has 1 heterocycles. The van der Waals surface area contributed by atoms with E-state index in [0.29, 0.717) is 5.92 Å². The van der Waals surface area contributed by atoms with Crippen LogP contribution in [-0.4, -0.2) is 33.4 Å². The van der Waals surface area contributed by atoms with Crippen molar-refractivity contribution in [2.75, 3.05) is 7.05 Å². The Kier molecular flexibility index (Phi) is 4.47. The second kappa shape index (κ2) is 5.66. The van der Waals surface area contributed by atoms with Crippen LogP contribution in [0, 0.1) is 5.92 Å². The van der Waals surface area contributed by atoms with Gasteiger partial charge in [-0.2, -0.15) is 0 Å². The van der Waals surface area contributed by atoms with Gasteiger partial charge < -0.3 is 4.90 Å². The minimum absolute atomic E-state index is 0.0663. The van der Waals surface area contributed by atoms with Gasteiger partial charge in [-0.25, -0.2) is 4.79 Å². The molecule has 0 spiro atoms. The minimum Gasteiger partial charge on any atom is -0.341 e. The summed E-state index contributed by atoms with van der Waals surface area (Å²) in [7, 11) is 1.71. The van der Waals surface area contributed by atoms with Gasteiger partial charge in [-0.1, -0.05) is 13.8 Å². The fourth-order valence-electron chi connectivity index (χ4n) is 1.50. The Balaban J connectivity index is 2.82. The maximum atomic E-state index is 12.0. The molecule has 1 rings (SSSR count). The molecule has 0 bridgehead atoms. The number of carbonyl (C=O) groups excluding carboxylic acids is 1. The first-order chi connectivity index (χ1) is 8.32. The molecule has 1 aromatic rings. The smallest absolute Gasteiger partial charge is 0.328 e. The Morgan fingerprint density at radius 1 is 1.39 bits per heavy atom. The second-order valence-electron chi connectivity index (χ2n) is 4.73. The van der Waals surface area contributed by atoms with Gasteiger partial charge in [0.2, 0.25) is 5.91 Å². The fraction of sp³-hybridized carbons (Fsp3) is 0.583. The summed E-state index contributed by atoms with van der Waals surface area (Å²) in [6, 6.07) is 1.32. The Morgan fingerprint density at radius 3 is 2.50 bits per heavy atom. The quantitative estimate of drug-likeness (QED) is 0.823. The molecule has 0 saturated carbocycles. The Hall–Kier alpha value is -1.85. The van der Waals surface area contributed by atoms with Gasteiger partial charge in [0.05, 0.1) is 0 Å². The monoisotopic (exact) mass is 253 g/mol. The summed E-state index contributed by atoms with van der Waals surface area (Å²) in [5.74, 6) is 0.177. The highest BCUT2D eigenvalue weighted by molar-refractivity contribution is 5.76. The SMILES string of the molecule is CC(C)[C@H](C)N(C)C(=O)Cn1ccc(=O)[nH]c1=O. The van der Waals surface area contributed by atoms with Gasteiger partial charge >= 0.3 is 5.69 Å². The number of hydrogen-bond donors (Lipinski definition) is 1. The van der Waals surface area contributed by atoms with E-state index in [1.807, 2.05) is 20.8 Å². The first-order valence-corrected chi connectivity index (χ1v) is 5.88. The highest BCUT2D eigenvalue weighted by Gasteiger charge is 2.18. The van der Waals surface area contributed by atoms with Crippen LogP contribution in [0.1, 0.15) is 20.8 Å². The van der Waals surface area contributed by atoms with Crippen molar-refractivity contribution in [3.05, 3.63) is 33.1 Å². The molecule has 0 aliphatic carbocycles. The summed E-state index contributed by atoms with van der Waals surface area (Å²) < 4.78 is 1.19. The summed E-state index contributed by atoms with van der Waals surface area (Å²) >= 11 is 0. The zero-order valence-corrected chi connectivity index (χ0v) is 11.1. The van der Waals surface area contributed by atoms with E-state index >= 15 is 0 Å². The van der Waals surface area contributed by atoms with Gasteiger partial charge in [-0.15, -0.1) is 0 Å². The lowest BCUT2D eigenvalue weighted by atomic mass is 10.1. The first kappa shape index (κ1) is 14.2. The van der Waals surface area contributed by atoms with E-state index in [-0.39, 0.29) is 18.5 Å². The van der Waals surface area contributed by atoms with Crippen LogP contribution >= 0.6 is 0 Å². The van der Waals surface area contributed by atoms with E-state index in [9.17, 15) is 14.4 Å². The first-order valence-electron chi connectivity index (χ1n) is 5.88. The number of aromatic nitrogens is 2. The number of hydrogen-bond acceptors (Lipinski definition) is 3. The maximum absolute atomic E-state index is 12.0. The van der Waals surface area contributed by atoms with Crippen LogP contribution in [0.25, 0.3) is 0 Å². The van der Waals surface area contributed by atoms with E-state index in [0.717, 1.165) is 0 Å². The summed E-state index contributed by atoms with van der Waals surface area (Å²) in [6.07, 6.45) is 1.33. The number of amides is 1. The van der Waals surface area contributed by atoms with Crippen molar-refractivity contribution in [2.45, 2.75) is 33.4 Å². The predicted molar refractivity (Wildman–Crippen MR) is 68.4 cm³/mol. The molecule has 6 heteroatoms. The number of H-pyrrole nitrogens is 1. The lowest BCUT2D eigenvalue weighted by Gasteiger charge is -2.28. The van der Waals surface area contributed by atoms with Crippen LogP contribution in [0.5, 0.6) is 0 Å². The van der Waals surface area contributed by atoms with Gasteiger partial charge in [-0.05, 0) is 12.8 Å². The van der Waals surface area contributed by atoms with E-state index in [1.54, 1.807) is 11.9 Å². The predicted octanol–water partition coefficient (Wildman–Crippen LogP) is 0.0395. The molecule has 0 aliphatic heterocycles. The maximum Gasteiger partial charge on any atom is 0.328 e. The Morgan fingerprint density at radius 2 is 2.00 bits per heavy atom. The molecule has 0 saturated heterocycles. The lowest BCUT2D eigenvalue weighted by Crippen LogP contribution is -2.42. The highest BCUT2D eigenvalue weighted by Crippen LogP contribution is 2.08. The van der Waals surface area contributed by atoms with Crippen molar-refractivity contribution in [1.29, 1.82) is 0 Å². The zero-order chi connectivity index (χ0) is 13.9. The van der Waals surface area contributed by atoms with Gasteiger partial charge in [-0.3, -0.25) is 19.1 Å². The molecule has 0 unspecified atom stereocenters. The van der Waals surface area contributed by atoms with Crippen molar-refractivity contribution >= 4 is 5.91 Å². The molecule has 1 atom stereocenters. The Bertz CT molecular complexity index is 530. The molecule has 1 aromatic heterocycles. The van der Waals surface area contributed by atoms with Crippen LogP contribution in [0.15, 0.2) is 21.9 Å². The molecule has 1 N–H and O–H groups in total. The third-order valence-corrected chi connectivity index (χ3v) is 3.17. The minimum atomic E-state index is -0.568. The average molecular weight is 253 g/mol. The summed E-state index contributed by atoms with van der Waals surface area (Å²) in [5.41, 5.74) is -1.03. The van der Waals surface area contributed by atoms with Crippen molar-refractivity contribution in [2.24, 2.45) is 5.92 Å². The van der Waals surface area contributed by atoms with Crippen molar-refractivity contribution in [1.82, 2.24) is 14.5 Å². The Labute approximate surface area is 105 Å². The standard InChI is InChI=1S/C12H19N3O3/c1-8(2)9(3)14(4)11(17)7-15-6-5-10(16)13-12(15)18/h5-6,8-9H,7H2,1-4H3,(H,13,16,18)/t9-/m0/s1. The van der Waals surface area contributed by atoms with Crippen molar-refractivity contribution in [3.63, 3.8) is 0 Å². The number of aromatic amines is 1. The normalized spacial score (nSPS) is 12.5. The third-order valence-electron chi connectivity index (χ3n) is 3.17. The van der Waals surface area contributed by atoms with Crippen LogP contribution in [0.2, 0.25) is 0 Å². The zero-order valence-electron chi connectivity index (χ0n) is 11.1. The molecule has 0 fully saturated rings. The van der Waals surface area contributed by atoms with Gasteiger partial charge in [0, 0.05) is 25.4 Å². The molecule has 18 heavy (non-hydrogen) atoms. The molecule has 0 aromatic carbocycles. The van der Waals surface area contributed by atoms with Gasteiger partial charge in [0.1, 0.15) is 6.54 Å². The molecule has 0 radical (unpaired) electrons. The molecular formula is C12H19N3O3. The highest BCUT2D eigenvalue weighted by atomic mass is 16.2. The summed E-state index contributed by atoms with van der Waals surface area (Å²) in [6.45, 7) is 5.95. The van der Waals surface area contributed by atoms with Gasteiger partial charge in [0.15, 0.2) is 0 Å². The van der Waals surface area contributed by atoms with Crippen LogP contribution in [0.4, 0.5) is 0 Å². The molecule has 100 valence electrons. The topological polar surface area (TPSA) is 75.2 Å². The number of carbonyl (C=O) groups is 1. The van der Waals surface area contributed by atoms with E-state index in [1.165, 1.54) is 16.8 Å². The molecule has 0 aliphatic rings. The van der Waals surface area contributed by atoms with Crippen LogP contribution in [0.3, 0.4) is 0 Å². The largest absolute Gasteiger partial charge is 0.341 e. The fourth-order valence-corrected chi connectivity index (χ4v) is 1.50. The van der Waals surface area contributed by atoms with E-state index < -0.39 is 11.2 Å². The third kappa shape index (κ3) is 3.32. The van der Waals surface area contributed by atoms with E-state index in [2.05, 4.69) is 4.98 Å². The number of likely N-dealkylation sites (N-methyl/N-ethyl adjacent to an activating group) is 1. The van der Waals surface area contributed by atoms with Crippen molar-refractivity contribution < 1.29 is 4.79 Å². The van der Waals surface area contributed by atoms with E-state index in [4.69, 9.17) is 0 Å². The molecule has 1 amide bonds. The summed E-state index contributed by atoms with van der Waals surface area (Å²) in [5, 5.41) is 0.